The highest BCUT2D eigenvalue weighted by Gasteiger charge is 2.22. The van der Waals surface area contributed by atoms with Crippen molar-refractivity contribution in [2.75, 3.05) is 50.0 Å². The lowest BCUT2D eigenvalue weighted by Crippen LogP contribution is -2.50. The molecule has 158 valence electrons. The number of nitrogens with zero attached hydrogens (tertiary/aromatic N) is 4. The van der Waals surface area contributed by atoms with Crippen LogP contribution in [0.15, 0.2) is 45.6 Å². The van der Waals surface area contributed by atoms with Crippen LogP contribution < -0.4 is 15.5 Å². The first-order valence-corrected chi connectivity index (χ1v) is 9.71. The van der Waals surface area contributed by atoms with Crippen LogP contribution >= 0.6 is 0 Å². The fourth-order valence-corrected chi connectivity index (χ4v) is 3.40. The molecular weight excluding hydrogens is 391 g/mol. The van der Waals surface area contributed by atoms with Crippen LogP contribution in [0.5, 0.6) is 0 Å². The van der Waals surface area contributed by atoms with Crippen molar-refractivity contribution >= 4 is 17.4 Å². The Morgan fingerprint density at radius 1 is 1.17 bits per heavy atom. The number of likely N-dealkylation sites (N-methyl/N-ethyl adjacent to an activating group) is 1. The summed E-state index contributed by atoms with van der Waals surface area (Å²) in [6, 6.07) is 8.48. The maximum Gasteiger partial charge on any atom is 0.236 e. The van der Waals surface area contributed by atoms with E-state index >= 15 is 0 Å². The topological polar surface area (TPSA) is 99.7 Å². The minimum absolute atomic E-state index is 0.0628. The number of amides is 1. The Morgan fingerprint density at radius 2 is 2.00 bits per heavy atom. The van der Waals surface area contributed by atoms with Crippen LogP contribution in [0.2, 0.25) is 0 Å². The van der Waals surface area contributed by atoms with Crippen molar-refractivity contribution in [2.24, 2.45) is 0 Å². The number of benzene rings is 1. The molecule has 0 radical (unpaired) electrons. The molecule has 1 amide bonds. The highest BCUT2D eigenvalue weighted by atomic mass is 19.1. The van der Waals surface area contributed by atoms with Gasteiger partial charge in [-0.15, -0.1) is 0 Å². The van der Waals surface area contributed by atoms with Crippen molar-refractivity contribution in [2.45, 2.75) is 6.54 Å². The van der Waals surface area contributed by atoms with Gasteiger partial charge in [-0.3, -0.25) is 4.79 Å². The summed E-state index contributed by atoms with van der Waals surface area (Å²) in [5, 5.41) is 13.7. The van der Waals surface area contributed by atoms with Crippen molar-refractivity contribution in [1.82, 2.24) is 20.5 Å². The van der Waals surface area contributed by atoms with E-state index in [-0.39, 0.29) is 11.7 Å². The molecule has 4 rings (SSSR count). The van der Waals surface area contributed by atoms with Crippen LogP contribution in [0.3, 0.4) is 0 Å². The number of carbonyl (C=O) groups is 1. The van der Waals surface area contributed by atoms with E-state index in [1.807, 2.05) is 11.0 Å². The van der Waals surface area contributed by atoms with E-state index in [0.29, 0.717) is 67.8 Å². The summed E-state index contributed by atoms with van der Waals surface area (Å²) in [5.74, 6) is 0.927. The van der Waals surface area contributed by atoms with Crippen LogP contribution in [-0.2, 0) is 11.3 Å². The first kappa shape index (κ1) is 19.9. The van der Waals surface area contributed by atoms with Gasteiger partial charge in [0.15, 0.2) is 11.6 Å². The number of aromatic nitrogens is 2. The van der Waals surface area contributed by atoms with E-state index in [2.05, 4.69) is 20.9 Å². The van der Waals surface area contributed by atoms with Gasteiger partial charge in [0, 0.05) is 43.9 Å². The number of carbonyl (C=O) groups excluding carboxylic acids is 1. The van der Waals surface area contributed by atoms with Crippen LogP contribution in [0, 0.1) is 5.82 Å². The summed E-state index contributed by atoms with van der Waals surface area (Å²) in [6.07, 6.45) is 1.47. The van der Waals surface area contributed by atoms with Crippen LogP contribution in [0.25, 0.3) is 11.3 Å². The fourth-order valence-electron chi connectivity index (χ4n) is 3.40. The van der Waals surface area contributed by atoms with Crippen LogP contribution in [0.1, 0.15) is 5.76 Å². The Balaban J connectivity index is 1.38. The monoisotopic (exact) mass is 414 g/mol. The fraction of sp³-hybridized carbons (Fsp3) is 0.350. The smallest absolute Gasteiger partial charge is 0.236 e. The summed E-state index contributed by atoms with van der Waals surface area (Å²) in [4.78, 5) is 15.7. The average Bonchev–Trinajstić information content (AvgIpc) is 3.44. The molecule has 10 heteroatoms. The van der Waals surface area contributed by atoms with E-state index in [9.17, 15) is 9.18 Å². The highest BCUT2D eigenvalue weighted by molar-refractivity contribution is 5.78. The summed E-state index contributed by atoms with van der Waals surface area (Å²) < 4.78 is 24.9. The predicted molar refractivity (Wildman–Crippen MR) is 108 cm³/mol. The zero-order valence-corrected chi connectivity index (χ0v) is 16.6. The minimum Gasteiger partial charge on any atom is -0.366 e. The predicted octanol–water partition coefficient (Wildman–Crippen LogP) is 1.95. The molecule has 2 N–H and O–H groups in total. The van der Waals surface area contributed by atoms with Gasteiger partial charge < -0.3 is 29.5 Å². The molecule has 0 atom stereocenters. The van der Waals surface area contributed by atoms with Gasteiger partial charge in [-0.2, -0.15) is 0 Å². The summed E-state index contributed by atoms with van der Waals surface area (Å²) in [5.41, 5.74) is 1.71. The van der Waals surface area contributed by atoms with Gasteiger partial charge in [0.05, 0.1) is 18.8 Å². The molecule has 1 saturated heterocycles. The average molecular weight is 414 g/mol. The van der Waals surface area contributed by atoms with Gasteiger partial charge in [-0.25, -0.2) is 4.39 Å². The first-order chi connectivity index (χ1) is 14.6. The third-order valence-corrected chi connectivity index (χ3v) is 4.99. The molecule has 0 spiro atoms. The SMILES string of the molecule is CNCC(=O)N1CCN(c2ccc(-c3cc(CNc4ccon4)on3)cc2F)CC1. The minimum atomic E-state index is -0.326. The Kier molecular flexibility index (Phi) is 5.94. The molecule has 3 heterocycles. The molecular formula is C20H23FN6O3. The van der Waals surface area contributed by atoms with Crippen molar-refractivity contribution in [3.63, 3.8) is 0 Å². The Bertz CT molecular complexity index is 982. The second kappa shape index (κ2) is 8.95. The van der Waals surface area contributed by atoms with E-state index in [4.69, 9.17) is 9.05 Å². The number of rotatable bonds is 7. The van der Waals surface area contributed by atoms with Crippen LogP contribution in [0.4, 0.5) is 15.9 Å². The molecule has 1 fully saturated rings. The van der Waals surface area contributed by atoms with Gasteiger partial charge in [-0.1, -0.05) is 16.4 Å². The molecule has 9 nitrogen and oxygen atoms in total. The second-order valence-electron chi connectivity index (χ2n) is 6.98. The molecule has 1 aromatic carbocycles. The lowest BCUT2D eigenvalue weighted by molar-refractivity contribution is -0.130. The maximum absolute atomic E-state index is 14.8. The van der Waals surface area contributed by atoms with Crippen LogP contribution in [-0.4, -0.2) is 60.9 Å². The summed E-state index contributed by atoms with van der Waals surface area (Å²) in [7, 11) is 1.75. The van der Waals surface area contributed by atoms with E-state index in [1.54, 1.807) is 30.1 Å². The normalized spacial score (nSPS) is 14.2. The van der Waals surface area contributed by atoms with Gasteiger partial charge in [0.25, 0.3) is 0 Å². The summed E-state index contributed by atoms with van der Waals surface area (Å²) in [6.45, 7) is 3.04. The lowest BCUT2D eigenvalue weighted by atomic mass is 10.1. The Labute approximate surface area is 172 Å². The van der Waals surface area contributed by atoms with E-state index in [0.717, 1.165) is 0 Å². The third kappa shape index (κ3) is 4.43. The molecule has 2 aromatic heterocycles. The van der Waals surface area contributed by atoms with Crippen molar-refractivity contribution in [1.29, 1.82) is 0 Å². The molecule has 0 saturated carbocycles. The van der Waals surface area contributed by atoms with Crippen molar-refractivity contribution in [3.05, 3.63) is 48.2 Å². The molecule has 1 aliphatic rings. The van der Waals surface area contributed by atoms with E-state index < -0.39 is 0 Å². The third-order valence-electron chi connectivity index (χ3n) is 4.99. The summed E-state index contributed by atoms with van der Waals surface area (Å²) >= 11 is 0. The van der Waals surface area contributed by atoms with Crippen molar-refractivity contribution < 1.29 is 18.2 Å². The molecule has 30 heavy (non-hydrogen) atoms. The number of hydrogen-bond acceptors (Lipinski definition) is 8. The molecule has 3 aromatic rings. The molecule has 0 bridgehead atoms. The van der Waals surface area contributed by atoms with Gasteiger partial charge in [-0.05, 0) is 19.2 Å². The highest BCUT2D eigenvalue weighted by Crippen LogP contribution is 2.27. The molecule has 0 unspecified atom stereocenters. The number of hydrogen-bond donors (Lipinski definition) is 2. The van der Waals surface area contributed by atoms with Crippen molar-refractivity contribution in [3.8, 4) is 11.3 Å². The number of halogens is 1. The zero-order chi connectivity index (χ0) is 20.9. The first-order valence-electron chi connectivity index (χ1n) is 9.71. The number of nitrogens with one attached hydrogen (secondary N) is 2. The van der Waals surface area contributed by atoms with E-state index in [1.165, 1.54) is 12.3 Å². The van der Waals surface area contributed by atoms with Gasteiger partial charge in [0.2, 0.25) is 5.91 Å². The maximum atomic E-state index is 14.8. The zero-order valence-electron chi connectivity index (χ0n) is 16.6. The van der Waals surface area contributed by atoms with Gasteiger partial charge >= 0.3 is 0 Å². The lowest BCUT2D eigenvalue weighted by Gasteiger charge is -2.36. The molecule has 0 aliphatic carbocycles. The molecule has 1 aliphatic heterocycles. The largest absolute Gasteiger partial charge is 0.366 e. The quantitative estimate of drug-likeness (QED) is 0.605. The standard InChI is InChI=1S/C20H23FN6O3/c1-22-13-20(28)27-7-5-26(6-8-27)18-3-2-14(10-16(18)21)17-11-15(30-24-17)12-23-19-4-9-29-25-19/h2-4,9-11,22H,5-8,12-13H2,1H3,(H,23,25). The number of anilines is 2. The Morgan fingerprint density at radius 3 is 2.70 bits per heavy atom. The Hall–Kier alpha value is -3.40. The number of piperazine rings is 1. The van der Waals surface area contributed by atoms with Gasteiger partial charge in [0.1, 0.15) is 17.8 Å². The second-order valence-corrected chi connectivity index (χ2v) is 6.98.